The number of nitrogens with one attached hydrogen (secondary N) is 1. The Labute approximate surface area is 121 Å². The molecule has 8 heteroatoms. The van der Waals surface area contributed by atoms with Gasteiger partial charge < -0.3 is 9.62 Å². The number of hydroxylamine groups is 2. The fourth-order valence-corrected chi connectivity index (χ4v) is 4.44. The van der Waals surface area contributed by atoms with Gasteiger partial charge in [-0.25, -0.2) is 9.34 Å². The third kappa shape index (κ3) is 4.77. The summed E-state index contributed by atoms with van der Waals surface area (Å²) in [6.45, 7) is 0. The molecule has 0 saturated heterocycles. The van der Waals surface area contributed by atoms with Gasteiger partial charge in [0, 0.05) is 0 Å². The Morgan fingerprint density at radius 3 is 1.65 bits per heavy atom. The SMILES string of the molecule is CN(C)P(N(C)C)[N+](C)(C)[O-].c1ccc2n[nH]nc2c1. The molecule has 20 heavy (non-hydrogen) atoms. The molecule has 0 saturated carbocycles. The average Bonchev–Trinajstić information content (AvgIpc) is 2.73. The molecule has 2 rings (SSSR count). The summed E-state index contributed by atoms with van der Waals surface area (Å²) in [7, 11) is 10.3. The zero-order valence-corrected chi connectivity index (χ0v) is 13.8. The molecule has 0 amide bonds. The van der Waals surface area contributed by atoms with Gasteiger partial charge in [0.1, 0.15) is 11.0 Å². The fraction of sp³-hybridized carbons (Fsp3) is 0.500. The van der Waals surface area contributed by atoms with Crippen LogP contribution in [0.4, 0.5) is 0 Å². The number of quaternary nitrogens is 1. The van der Waals surface area contributed by atoms with E-state index in [1.807, 2.05) is 61.8 Å². The van der Waals surface area contributed by atoms with Crippen LogP contribution in [0.15, 0.2) is 24.3 Å². The number of benzene rings is 1. The van der Waals surface area contributed by atoms with Crippen LogP contribution in [-0.2, 0) is 0 Å². The van der Waals surface area contributed by atoms with E-state index in [-0.39, 0.29) is 4.42 Å². The lowest BCUT2D eigenvalue weighted by molar-refractivity contribution is -0.712. The predicted molar refractivity (Wildman–Crippen MR) is 83.7 cm³/mol. The highest BCUT2D eigenvalue weighted by molar-refractivity contribution is 7.46. The first-order valence-electron chi connectivity index (χ1n) is 6.19. The van der Waals surface area contributed by atoms with Crippen LogP contribution < -0.4 is 0 Å². The molecule has 0 spiro atoms. The van der Waals surface area contributed by atoms with E-state index < -0.39 is 8.37 Å². The first kappa shape index (κ1) is 16.9. The second-order valence-corrected chi connectivity index (χ2v) is 8.17. The van der Waals surface area contributed by atoms with Crippen LogP contribution in [0.25, 0.3) is 11.0 Å². The highest BCUT2D eigenvalue weighted by Crippen LogP contribution is 2.46. The Hall–Kier alpha value is -1.11. The largest absolute Gasteiger partial charge is 0.630 e. The molecule has 0 atom stereocenters. The van der Waals surface area contributed by atoms with Gasteiger partial charge in [-0.2, -0.15) is 15.4 Å². The van der Waals surface area contributed by atoms with E-state index in [0.29, 0.717) is 0 Å². The third-order valence-corrected chi connectivity index (χ3v) is 4.66. The Bertz CT molecular complexity index is 484. The molecule has 1 heterocycles. The summed E-state index contributed by atoms with van der Waals surface area (Å²) < 4.78 is 3.69. The van der Waals surface area contributed by atoms with Gasteiger partial charge in [0.05, 0.1) is 14.1 Å². The number of para-hydroxylation sites is 2. The molecule has 1 N–H and O–H groups in total. The smallest absolute Gasteiger partial charge is 0.269 e. The first-order chi connectivity index (χ1) is 9.23. The molecule has 112 valence electrons. The highest BCUT2D eigenvalue weighted by atomic mass is 31.2. The Kier molecular flexibility index (Phi) is 5.98. The zero-order chi connectivity index (χ0) is 15.3. The molecule has 1 aromatic carbocycles. The van der Waals surface area contributed by atoms with E-state index in [1.54, 1.807) is 14.1 Å². The fourth-order valence-electron chi connectivity index (χ4n) is 2.01. The number of nitrogens with zero attached hydrogens (tertiary/aromatic N) is 5. The summed E-state index contributed by atoms with van der Waals surface area (Å²) in [5.74, 6) is 0. The lowest BCUT2D eigenvalue weighted by atomic mass is 10.3. The Morgan fingerprint density at radius 1 is 1.00 bits per heavy atom. The number of rotatable bonds is 3. The van der Waals surface area contributed by atoms with Gasteiger partial charge in [0.25, 0.3) is 8.37 Å². The van der Waals surface area contributed by atoms with Crippen LogP contribution in [0.1, 0.15) is 0 Å². The molecule has 0 bridgehead atoms. The van der Waals surface area contributed by atoms with Crippen molar-refractivity contribution in [3.8, 4) is 0 Å². The first-order valence-corrected chi connectivity index (χ1v) is 7.39. The van der Waals surface area contributed by atoms with E-state index in [1.165, 1.54) is 0 Å². The van der Waals surface area contributed by atoms with Gasteiger partial charge >= 0.3 is 0 Å². The highest BCUT2D eigenvalue weighted by Gasteiger charge is 2.27. The summed E-state index contributed by atoms with van der Waals surface area (Å²) in [4.78, 5) is 0. The molecule has 7 nitrogen and oxygen atoms in total. The lowest BCUT2D eigenvalue weighted by Crippen LogP contribution is -2.37. The van der Waals surface area contributed by atoms with E-state index in [0.717, 1.165) is 11.0 Å². The molecule has 1 aromatic heterocycles. The molecule has 0 aliphatic heterocycles. The number of hydrogen-bond donors (Lipinski definition) is 1. The maximum atomic E-state index is 11.6. The molecule has 0 radical (unpaired) electrons. The van der Waals surface area contributed by atoms with Gasteiger partial charge in [-0.3, -0.25) is 0 Å². The number of H-pyrrole nitrogens is 1. The van der Waals surface area contributed by atoms with Crippen molar-refractivity contribution in [3.05, 3.63) is 29.5 Å². The van der Waals surface area contributed by atoms with Crippen LogP contribution >= 0.6 is 8.37 Å². The maximum Gasteiger partial charge on any atom is 0.269 e. The lowest BCUT2D eigenvalue weighted by Gasteiger charge is -2.45. The molecular formula is C12H23N6OP. The van der Waals surface area contributed by atoms with Gasteiger partial charge in [0.15, 0.2) is 0 Å². The second-order valence-electron chi connectivity index (χ2n) is 5.07. The minimum absolute atomic E-state index is 0.255. The minimum atomic E-state index is -0.771. The van der Waals surface area contributed by atoms with Crippen LogP contribution in [0.3, 0.4) is 0 Å². The van der Waals surface area contributed by atoms with Crippen molar-refractivity contribution >= 4 is 19.4 Å². The van der Waals surface area contributed by atoms with Crippen LogP contribution in [0.2, 0.25) is 0 Å². The topological polar surface area (TPSA) is 71.1 Å². The van der Waals surface area contributed by atoms with Gasteiger partial charge in [-0.15, -0.1) is 0 Å². The average molecular weight is 298 g/mol. The van der Waals surface area contributed by atoms with Crippen molar-refractivity contribution in [2.24, 2.45) is 0 Å². The third-order valence-electron chi connectivity index (χ3n) is 2.37. The number of aromatic nitrogens is 3. The van der Waals surface area contributed by atoms with Crippen molar-refractivity contribution < 1.29 is 4.42 Å². The van der Waals surface area contributed by atoms with Crippen molar-refractivity contribution in [2.45, 2.75) is 0 Å². The van der Waals surface area contributed by atoms with E-state index >= 15 is 0 Å². The Balaban J connectivity index is 0.000000202. The summed E-state index contributed by atoms with van der Waals surface area (Å²) in [6, 6.07) is 7.70. The molecule has 2 aromatic rings. The van der Waals surface area contributed by atoms with Gasteiger partial charge in [-0.1, -0.05) is 12.1 Å². The summed E-state index contributed by atoms with van der Waals surface area (Å²) >= 11 is 0. The van der Waals surface area contributed by atoms with E-state index in [9.17, 15) is 5.21 Å². The predicted octanol–water partition coefficient (Wildman–Crippen LogP) is 1.87. The van der Waals surface area contributed by atoms with Crippen LogP contribution in [0, 0.1) is 5.21 Å². The number of hydrogen-bond acceptors (Lipinski definition) is 5. The quantitative estimate of drug-likeness (QED) is 0.692. The van der Waals surface area contributed by atoms with Crippen molar-refractivity contribution in [1.29, 1.82) is 0 Å². The summed E-state index contributed by atoms with van der Waals surface area (Å²) in [5.41, 5.74) is 1.83. The minimum Gasteiger partial charge on any atom is -0.630 e. The van der Waals surface area contributed by atoms with Crippen molar-refractivity contribution in [2.75, 3.05) is 42.3 Å². The molecule has 0 aliphatic carbocycles. The number of aromatic amines is 1. The van der Waals surface area contributed by atoms with Gasteiger partial charge in [0.2, 0.25) is 0 Å². The van der Waals surface area contributed by atoms with E-state index in [4.69, 9.17) is 0 Å². The van der Waals surface area contributed by atoms with Crippen LogP contribution in [-0.4, -0.2) is 71.5 Å². The molecular weight excluding hydrogens is 275 g/mol. The number of fused-ring (bicyclic) bond motifs is 1. The maximum absolute atomic E-state index is 11.6. The van der Waals surface area contributed by atoms with Crippen molar-refractivity contribution in [1.82, 2.24) is 24.8 Å². The Morgan fingerprint density at radius 2 is 1.40 bits per heavy atom. The second kappa shape index (κ2) is 7.06. The van der Waals surface area contributed by atoms with Gasteiger partial charge in [-0.05, 0) is 40.3 Å². The molecule has 0 unspecified atom stereocenters. The normalized spacial score (nSPS) is 12.1. The summed E-state index contributed by atoms with van der Waals surface area (Å²) in [6.07, 6.45) is 0. The van der Waals surface area contributed by atoms with Crippen molar-refractivity contribution in [3.63, 3.8) is 0 Å². The van der Waals surface area contributed by atoms with E-state index in [2.05, 4.69) is 15.4 Å². The molecule has 0 fully saturated rings. The molecule has 0 aliphatic rings. The monoisotopic (exact) mass is 298 g/mol. The summed E-state index contributed by atoms with van der Waals surface area (Å²) in [5, 5.41) is 21.9. The zero-order valence-electron chi connectivity index (χ0n) is 12.9. The standard InChI is InChI=1S/C6H18N3OP.C6H5N3/c1-7(2)11(8(3)4)9(5,6)10;1-2-4-6-5(3-1)7-9-8-6/h1-6H3;1-4H,(H,7,8,9). The van der Waals surface area contributed by atoms with Crippen LogP contribution in [0.5, 0.6) is 0 Å².